The summed E-state index contributed by atoms with van der Waals surface area (Å²) in [5.41, 5.74) is 1.02. The van der Waals surface area contributed by atoms with E-state index in [2.05, 4.69) is 4.98 Å². The monoisotopic (exact) mass is 312 g/mol. The molecular weight excluding hydrogens is 292 g/mol. The summed E-state index contributed by atoms with van der Waals surface area (Å²) < 4.78 is 5.27. The highest BCUT2D eigenvalue weighted by Gasteiger charge is 2.28. The average molecular weight is 312 g/mol. The third-order valence-corrected chi connectivity index (χ3v) is 4.27. The van der Waals surface area contributed by atoms with E-state index in [9.17, 15) is 9.59 Å². The van der Waals surface area contributed by atoms with Crippen LogP contribution in [0.25, 0.3) is 0 Å². The van der Waals surface area contributed by atoms with E-state index in [0.29, 0.717) is 26.2 Å². The molecule has 7 heteroatoms. The molecule has 6 nitrogen and oxygen atoms in total. The minimum Gasteiger partial charge on any atom is -0.481 e. The molecule has 1 fully saturated rings. The predicted molar refractivity (Wildman–Crippen MR) is 78.4 cm³/mol. The van der Waals surface area contributed by atoms with Crippen molar-refractivity contribution in [2.45, 2.75) is 38.6 Å². The van der Waals surface area contributed by atoms with Crippen LogP contribution in [-0.2, 0) is 20.7 Å². The molecule has 1 aliphatic heterocycles. The number of aryl methyl sites for hydroxylation is 2. The number of hydrogen-bond acceptors (Lipinski definition) is 5. The largest absolute Gasteiger partial charge is 0.481 e. The Labute approximate surface area is 127 Å². The Morgan fingerprint density at radius 3 is 3.05 bits per heavy atom. The van der Waals surface area contributed by atoms with Crippen molar-refractivity contribution in [1.82, 2.24) is 9.88 Å². The van der Waals surface area contributed by atoms with Gasteiger partial charge in [0.05, 0.1) is 36.4 Å². The number of thiazole rings is 1. The van der Waals surface area contributed by atoms with Crippen LogP contribution in [0.1, 0.15) is 30.0 Å². The predicted octanol–water partition coefficient (Wildman–Crippen LogP) is 1.48. The maximum atomic E-state index is 12.2. The average Bonchev–Trinajstić information content (AvgIpc) is 2.84. The zero-order valence-corrected chi connectivity index (χ0v) is 12.9. The van der Waals surface area contributed by atoms with Crippen molar-refractivity contribution >= 4 is 23.2 Å². The number of carbonyl (C=O) groups is 2. The summed E-state index contributed by atoms with van der Waals surface area (Å²) >= 11 is 1.61. The molecule has 1 atom stereocenters. The van der Waals surface area contributed by atoms with Gasteiger partial charge in [0.25, 0.3) is 0 Å². The van der Waals surface area contributed by atoms with Crippen molar-refractivity contribution in [1.29, 1.82) is 0 Å². The lowest BCUT2D eigenvalue weighted by Crippen LogP contribution is -2.49. The third-order valence-electron chi connectivity index (χ3n) is 3.45. The molecule has 0 radical (unpaired) electrons. The molecule has 0 aliphatic carbocycles. The van der Waals surface area contributed by atoms with Gasteiger partial charge in [0.15, 0.2) is 0 Å². The Balaban J connectivity index is 1.81. The Morgan fingerprint density at radius 1 is 1.57 bits per heavy atom. The second kappa shape index (κ2) is 7.51. The lowest BCUT2D eigenvalue weighted by atomic mass is 10.1. The van der Waals surface area contributed by atoms with Crippen LogP contribution >= 0.6 is 11.3 Å². The molecule has 1 aliphatic rings. The van der Waals surface area contributed by atoms with Crippen LogP contribution < -0.4 is 0 Å². The van der Waals surface area contributed by atoms with Crippen molar-refractivity contribution in [2.24, 2.45) is 0 Å². The van der Waals surface area contributed by atoms with E-state index < -0.39 is 5.97 Å². The van der Waals surface area contributed by atoms with E-state index in [-0.39, 0.29) is 18.4 Å². The van der Waals surface area contributed by atoms with Crippen LogP contribution in [0.2, 0.25) is 0 Å². The number of aromatic nitrogens is 1. The Bertz CT molecular complexity index is 503. The first-order chi connectivity index (χ1) is 10.1. The Hall–Kier alpha value is -1.47. The van der Waals surface area contributed by atoms with E-state index >= 15 is 0 Å². The molecule has 0 saturated carbocycles. The zero-order chi connectivity index (χ0) is 15.2. The number of amides is 1. The molecular formula is C14H20N2O4S. The molecule has 0 bridgehead atoms. The molecule has 21 heavy (non-hydrogen) atoms. The van der Waals surface area contributed by atoms with E-state index in [4.69, 9.17) is 9.84 Å². The summed E-state index contributed by atoms with van der Waals surface area (Å²) in [4.78, 5) is 29.1. The molecule has 0 aromatic carbocycles. The summed E-state index contributed by atoms with van der Waals surface area (Å²) in [6.45, 7) is 3.23. The first kappa shape index (κ1) is 15.9. The number of nitrogens with zero attached hydrogens (tertiary/aromatic N) is 2. The minimum atomic E-state index is -0.902. The number of carboxylic acid groups (broad SMARTS) is 1. The van der Waals surface area contributed by atoms with Gasteiger partial charge in [-0.3, -0.25) is 9.59 Å². The van der Waals surface area contributed by atoms with Crippen molar-refractivity contribution in [3.05, 3.63) is 16.1 Å². The maximum Gasteiger partial charge on any atom is 0.305 e. The van der Waals surface area contributed by atoms with Crippen LogP contribution in [0.5, 0.6) is 0 Å². The highest BCUT2D eigenvalue weighted by atomic mass is 32.1. The number of hydrogen-bond donors (Lipinski definition) is 1. The van der Waals surface area contributed by atoms with Gasteiger partial charge in [-0.15, -0.1) is 11.3 Å². The van der Waals surface area contributed by atoms with E-state index in [1.165, 1.54) is 0 Å². The van der Waals surface area contributed by atoms with Crippen molar-refractivity contribution in [3.8, 4) is 0 Å². The SMILES string of the molecule is Cc1nc(CCCC(=O)N2CCOCC2CC(=O)O)cs1. The smallest absolute Gasteiger partial charge is 0.305 e. The van der Waals surface area contributed by atoms with Gasteiger partial charge in [0, 0.05) is 18.3 Å². The van der Waals surface area contributed by atoms with Gasteiger partial charge in [0.2, 0.25) is 5.91 Å². The number of carbonyl (C=O) groups excluding carboxylic acids is 1. The molecule has 1 aromatic rings. The number of morpholine rings is 1. The van der Waals surface area contributed by atoms with Crippen molar-refractivity contribution in [3.63, 3.8) is 0 Å². The first-order valence-corrected chi connectivity index (χ1v) is 7.94. The fourth-order valence-electron chi connectivity index (χ4n) is 2.44. The summed E-state index contributed by atoms with van der Waals surface area (Å²) in [6.07, 6.45) is 1.88. The third kappa shape index (κ3) is 4.78. The molecule has 2 heterocycles. The van der Waals surface area contributed by atoms with E-state index in [1.54, 1.807) is 16.2 Å². The molecule has 0 spiro atoms. The topological polar surface area (TPSA) is 79.7 Å². The second-order valence-electron chi connectivity index (χ2n) is 5.13. The van der Waals surface area contributed by atoms with Crippen LogP contribution in [0.15, 0.2) is 5.38 Å². The fraction of sp³-hybridized carbons (Fsp3) is 0.643. The molecule has 1 saturated heterocycles. The van der Waals surface area contributed by atoms with Crippen LogP contribution in [-0.4, -0.2) is 52.7 Å². The minimum absolute atomic E-state index is 0.0106. The number of ether oxygens (including phenoxy) is 1. The standard InChI is InChI=1S/C14H20N2O4S/c1-10-15-11(9-21-10)3-2-4-13(17)16-5-6-20-8-12(16)7-14(18)19/h9,12H,2-8H2,1H3,(H,18,19). The first-order valence-electron chi connectivity index (χ1n) is 7.06. The van der Waals surface area contributed by atoms with Crippen LogP contribution in [0.3, 0.4) is 0 Å². The summed E-state index contributed by atoms with van der Waals surface area (Å²) in [7, 11) is 0. The van der Waals surface area contributed by atoms with Crippen LogP contribution in [0, 0.1) is 6.92 Å². The van der Waals surface area contributed by atoms with Crippen LogP contribution in [0.4, 0.5) is 0 Å². The highest BCUT2D eigenvalue weighted by Crippen LogP contribution is 2.15. The summed E-state index contributed by atoms with van der Waals surface area (Å²) in [6, 6.07) is -0.342. The molecule has 1 aromatic heterocycles. The van der Waals surface area contributed by atoms with Gasteiger partial charge >= 0.3 is 5.97 Å². The number of aliphatic carboxylic acids is 1. The Kier molecular flexibility index (Phi) is 5.69. The molecule has 116 valence electrons. The highest BCUT2D eigenvalue weighted by molar-refractivity contribution is 7.09. The van der Waals surface area contributed by atoms with Gasteiger partial charge in [0.1, 0.15) is 0 Å². The van der Waals surface area contributed by atoms with Gasteiger partial charge < -0.3 is 14.7 Å². The summed E-state index contributed by atoms with van der Waals surface area (Å²) in [5, 5.41) is 11.9. The lowest BCUT2D eigenvalue weighted by molar-refractivity contribution is -0.146. The fourth-order valence-corrected chi connectivity index (χ4v) is 3.09. The molecule has 1 N–H and O–H groups in total. The number of rotatable bonds is 6. The number of carboxylic acids is 1. The normalized spacial score (nSPS) is 18.7. The maximum absolute atomic E-state index is 12.2. The van der Waals surface area contributed by atoms with Gasteiger partial charge in [-0.25, -0.2) is 4.98 Å². The molecule has 2 rings (SSSR count). The summed E-state index contributed by atoms with van der Waals surface area (Å²) in [5.74, 6) is -0.891. The van der Waals surface area contributed by atoms with Crippen molar-refractivity contribution in [2.75, 3.05) is 19.8 Å². The molecule has 1 unspecified atom stereocenters. The quantitative estimate of drug-likeness (QED) is 0.860. The molecule has 1 amide bonds. The van der Waals surface area contributed by atoms with Gasteiger partial charge in [-0.2, -0.15) is 0 Å². The van der Waals surface area contributed by atoms with Crippen molar-refractivity contribution < 1.29 is 19.4 Å². The van der Waals surface area contributed by atoms with E-state index in [1.807, 2.05) is 12.3 Å². The lowest BCUT2D eigenvalue weighted by Gasteiger charge is -2.35. The zero-order valence-electron chi connectivity index (χ0n) is 12.1. The second-order valence-corrected chi connectivity index (χ2v) is 6.19. The van der Waals surface area contributed by atoms with Gasteiger partial charge in [-0.05, 0) is 19.8 Å². The Morgan fingerprint density at radius 2 is 2.38 bits per heavy atom. The van der Waals surface area contributed by atoms with Gasteiger partial charge in [-0.1, -0.05) is 0 Å². The van der Waals surface area contributed by atoms with E-state index in [0.717, 1.165) is 23.5 Å².